The fourth-order valence-electron chi connectivity index (χ4n) is 0.783. The Kier molecular flexibility index (Phi) is 4.65. The van der Waals surface area contributed by atoms with E-state index in [1.54, 1.807) is 0 Å². The van der Waals surface area contributed by atoms with Crippen LogP contribution in [0.2, 0.25) is 0 Å². The van der Waals surface area contributed by atoms with Gasteiger partial charge < -0.3 is 0 Å². The van der Waals surface area contributed by atoms with Crippen LogP contribution in [0.5, 0.6) is 0 Å². The Labute approximate surface area is 76.7 Å². The maximum absolute atomic E-state index is 3.75. The highest BCUT2D eigenvalue weighted by molar-refractivity contribution is 5.31. The molecular weight excluding hydrogens is 144 g/mol. The van der Waals surface area contributed by atoms with Crippen molar-refractivity contribution in [3.8, 4) is 0 Å². The normalized spacial score (nSPS) is 14.7. The summed E-state index contributed by atoms with van der Waals surface area (Å²) in [7, 11) is 0. The van der Waals surface area contributed by atoms with Crippen molar-refractivity contribution in [3.63, 3.8) is 0 Å². The van der Waals surface area contributed by atoms with Gasteiger partial charge in [0.2, 0.25) is 0 Å². The summed E-state index contributed by atoms with van der Waals surface area (Å²) in [6, 6.07) is 0. The monoisotopic (exact) mass is 164 g/mol. The predicted octanol–water partition coefficient (Wildman–Crippen LogP) is 4.11. The van der Waals surface area contributed by atoms with E-state index in [0.29, 0.717) is 5.92 Å². The van der Waals surface area contributed by atoms with Crippen molar-refractivity contribution in [1.29, 1.82) is 0 Å². The Balaban J connectivity index is 4.64. The third kappa shape index (κ3) is 3.56. The van der Waals surface area contributed by atoms with Crippen LogP contribution in [-0.4, -0.2) is 0 Å². The smallest absolute Gasteiger partial charge is 0.0260 e. The van der Waals surface area contributed by atoms with E-state index in [9.17, 15) is 0 Å². The van der Waals surface area contributed by atoms with E-state index < -0.39 is 0 Å². The van der Waals surface area contributed by atoms with E-state index in [-0.39, 0.29) is 0 Å². The molecule has 12 heavy (non-hydrogen) atoms. The summed E-state index contributed by atoms with van der Waals surface area (Å²) >= 11 is 0. The second-order valence-electron chi connectivity index (χ2n) is 3.61. The maximum Gasteiger partial charge on any atom is -0.0260 e. The molecule has 0 aliphatic carbocycles. The van der Waals surface area contributed by atoms with Crippen molar-refractivity contribution in [1.82, 2.24) is 0 Å². The molecule has 0 N–H and O–H groups in total. The van der Waals surface area contributed by atoms with Gasteiger partial charge in [0.25, 0.3) is 0 Å². The highest BCUT2D eigenvalue weighted by Crippen LogP contribution is 2.13. The molecule has 0 atom stereocenters. The van der Waals surface area contributed by atoms with Gasteiger partial charge in [0.05, 0.1) is 0 Å². The number of rotatable bonds is 3. The summed E-state index contributed by atoms with van der Waals surface area (Å²) in [6.07, 6.45) is 4.14. The van der Waals surface area contributed by atoms with Crippen LogP contribution in [0.4, 0.5) is 0 Å². The molecule has 0 unspecified atom stereocenters. The molecule has 0 fully saturated rings. The van der Waals surface area contributed by atoms with E-state index in [2.05, 4.69) is 47.3 Å². The molecule has 0 heterocycles. The summed E-state index contributed by atoms with van der Waals surface area (Å²) in [6.45, 7) is 14.6. The molecule has 0 aliphatic heterocycles. The average molecular weight is 164 g/mol. The first kappa shape index (κ1) is 11.2. The zero-order valence-corrected chi connectivity index (χ0v) is 8.94. The van der Waals surface area contributed by atoms with Crippen molar-refractivity contribution in [2.24, 2.45) is 5.92 Å². The Bertz CT molecular complexity index is 214. The van der Waals surface area contributed by atoms with E-state index in [1.165, 1.54) is 16.7 Å². The molecule has 0 rings (SSSR count). The van der Waals surface area contributed by atoms with Crippen LogP contribution in [0.25, 0.3) is 0 Å². The number of hydrogen-bond acceptors (Lipinski definition) is 0. The van der Waals surface area contributed by atoms with Gasteiger partial charge in [-0.2, -0.15) is 0 Å². The molecule has 0 radical (unpaired) electrons. The van der Waals surface area contributed by atoms with E-state index in [0.717, 1.165) is 0 Å². The van der Waals surface area contributed by atoms with Gasteiger partial charge in [0.1, 0.15) is 0 Å². The molecule has 0 aromatic carbocycles. The fraction of sp³-hybridized carbons (Fsp3) is 0.500. The zero-order chi connectivity index (χ0) is 9.72. The summed E-state index contributed by atoms with van der Waals surface area (Å²) in [5.74, 6) is 0.637. The van der Waals surface area contributed by atoms with Crippen LogP contribution in [-0.2, 0) is 0 Å². The predicted molar refractivity (Wildman–Crippen MR) is 57.2 cm³/mol. The molecule has 0 aliphatic rings. The molecule has 0 amide bonds. The molecular formula is C12H20. The number of allylic oxidation sites excluding steroid dienone is 5. The first-order chi connectivity index (χ1) is 5.49. The van der Waals surface area contributed by atoms with Crippen molar-refractivity contribution < 1.29 is 0 Å². The van der Waals surface area contributed by atoms with Gasteiger partial charge in [0, 0.05) is 0 Å². The van der Waals surface area contributed by atoms with Gasteiger partial charge in [-0.05, 0) is 37.8 Å². The van der Waals surface area contributed by atoms with Crippen LogP contribution < -0.4 is 0 Å². The summed E-state index contributed by atoms with van der Waals surface area (Å²) < 4.78 is 0. The molecule has 0 saturated carbocycles. The second-order valence-corrected chi connectivity index (χ2v) is 3.61. The molecule has 0 aromatic rings. The summed E-state index contributed by atoms with van der Waals surface area (Å²) in [4.78, 5) is 0. The standard InChI is InChI=1S/C12H20/c1-7-10(4)12(6)8-11(5)9(2)3/h7-9H,1H2,2-6H3/b11-8-,12-10-. The molecule has 0 aromatic heterocycles. The van der Waals surface area contributed by atoms with Crippen molar-refractivity contribution >= 4 is 0 Å². The third-order valence-corrected chi connectivity index (χ3v) is 2.28. The maximum atomic E-state index is 3.75. The van der Waals surface area contributed by atoms with E-state index in [1.807, 2.05) is 6.08 Å². The largest absolute Gasteiger partial charge is 0.0988 e. The van der Waals surface area contributed by atoms with Gasteiger partial charge in [-0.15, -0.1) is 0 Å². The summed E-state index contributed by atoms with van der Waals surface area (Å²) in [5, 5.41) is 0. The molecule has 0 saturated heterocycles. The van der Waals surface area contributed by atoms with Gasteiger partial charge >= 0.3 is 0 Å². The second kappa shape index (κ2) is 4.97. The van der Waals surface area contributed by atoms with Crippen LogP contribution in [0.1, 0.15) is 34.6 Å². The Morgan fingerprint density at radius 3 is 1.92 bits per heavy atom. The quantitative estimate of drug-likeness (QED) is 0.551. The highest BCUT2D eigenvalue weighted by atomic mass is 14.0. The Morgan fingerprint density at radius 2 is 1.58 bits per heavy atom. The molecule has 0 spiro atoms. The van der Waals surface area contributed by atoms with Crippen LogP contribution in [0, 0.1) is 5.92 Å². The average Bonchev–Trinajstić information content (AvgIpc) is 2.02. The Morgan fingerprint density at radius 1 is 1.08 bits per heavy atom. The molecule has 68 valence electrons. The van der Waals surface area contributed by atoms with Crippen molar-refractivity contribution in [2.75, 3.05) is 0 Å². The molecule has 0 bridgehead atoms. The topological polar surface area (TPSA) is 0 Å². The highest BCUT2D eigenvalue weighted by Gasteiger charge is 1.96. The molecule has 0 heteroatoms. The lowest BCUT2D eigenvalue weighted by atomic mass is 10.0. The third-order valence-electron chi connectivity index (χ3n) is 2.28. The zero-order valence-electron chi connectivity index (χ0n) is 8.94. The van der Waals surface area contributed by atoms with Crippen LogP contribution in [0.3, 0.4) is 0 Å². The van der Waals surface area contributed by atoms with Gasteiger partial charge in [0.15, 0.2) is 0 Å². The fourth-order valence-corrected chi connectivity index (χ4v) is 0.783. The summed E-state index contributed by atoms with van der Waals surface area (Å²) in [5.41, 5.74) is 4.00. The van der Waals surface area contributed by atoms with Gasteiger partial charge in [-0.1, -0.05) is 38.2 Å². The van der Waals surface area contributed by atoms with Crippen molar-refractivity contribution in [3.05, 3.63) is 35.5 Å². The number of hydrogen-bond donors (Lipinski definition) is 0. The first-order valence-electron chi connectivity index (χ1n) is 4.47. The minimum Gasteiger partial charge on any atom is -0.0988 e. The Hall–Kier alpha value is -0.780. The first-order valence-corrected chi connectivity index (χ1v) is 4.47. The lowest BCUT2D eigenvalue weighted by Crippen LogP contribution is -1.89. The van der Waals surface area contributed by atoms with Crippen LogP contribution in [0.15, 0.2) is 35.5 Å². The van der Waals surface area contributed by atoms with Crippen molar-refractivity contribution in [2.45, 2.75) is 34.6 Å². The minimum atomic E-state index is 0.637. The van der Waals surface area contributed by atoms with Crippen LogP contribution >= 0.6 is 0 Å². The van der Waals surface area contributed by atoms with E-state index >= 15 is 0 Å². The van der Waals surface area contributed by atoms with Gasteiger partial charge in [-0.25, -0.2) is 0 Å². The SMILES string of the molecule is C=C/C(C)=C(C)\C=C(\C)C(C)C. The lowest BCUT2D eigenvalue weighted by Gasteiger charge is -2.05. The van der Waals surface area contributed by atoms with Gasteiger partial charge in [-0.3, -0.25) is 0 Å². The molecule has 0 nitrogen and oxygen atoms in total. The minimum absolute atomic E-state index is 0.637. The van der Waals surface area contributed by atoms with E-state index in [4.69, 9.17) is 0 Å². The lowest BCUT2D eigenvalue weighted by molar-refractivity contribution is 0.768.